The van der Waals surface area contributed by atoms with E-state index in [-0.39, 0.29) is 28.4 Å². The molecule has 0 spiro atoms. The van der Waals surface area contributed by atoms with Crippen LogP contribution in [0.1, 0.15) is 56.3 Å². The number of ether oxygens (including phenoxy) is 2. The third kappa shape index (κ3) is 5.69. The van der Waals surface area contributed by atoms with E-state index in [1.165, 1.54) is 31.4 Å². The van der Waals surface area contributed by atoms with Crippen molar-refractivity contribution in [1.82, 2.24) is 19.7 Å². The first-order valence-electron chi connectivity index (χ1n) is 11.6. The highest BCUT2D eigenvalue weighted by Gasteiger charge is 2.43. The standard InChI is InChI=1S/C26H31FN6O5/c1-14-8-9-17(27)11-18(14)15(2)37-20-10-16(13-30-23(20)29)21-19(12-28)33(7)31-22(21)26(35,36)32(6)24(34)38-25(3,4)5/h8-11,13,15,35-36H,1-7H3,(H2,29,30). The number of aryl methyl sites for hydroxylation is 2. The van der Waals surface area contributed by atoms with E-state index in [4.69, 9.17) is 15.2 Å². The molecule has 0 fully saturated rings. The van der Waals surface area contributed by atoms with Crippen LogP contribution in [0.5, 0.6) is 5.75 Å². The van der Waals surface area contributed by atoms with Gasteiger partial charge >= 0.3 is 6.09 Å². The van der Waals surface area contributed by atoms with Crippen LogP contribution in [-0.4, -0.2) is 48.6 Å². The quantitative estimate of drug-likeness (QED) is 0.409. The van der Waals surface area contributed by atoms with Crippen molar-refractivity contribution in [3.63, 3.8) is 0 Å². The molecule has 202 valence electrons. The number of nitrogens with two attached hydrogens (primary N) is 1. The first-order chi connectivity index (χ1) is 17.6. The Bertz CT molecular complexity index is 1410. The maximum Gasteiger partial charge on any atom is 0.414 e. The minimum Gasteiger partial charge on any atom is -0.482 e. The molecule has 0 saturated heterocycles. The lowest BCUT2D eigenvalue weighted by Gasteiger charge is -2.32. The Kier molecular flexibility index (Phi) is 7.67. The molecule has 0 aliphatic carbocycles. The Morgan fingerprint density at radius 2 is 1.95 bits per heavy atom. The lowest BCUT2D eigenvalue weighted by molar-refractivity contribution is -0.258. The van der Waals surface area contributed by atoms with Crippen LogP contribution in [0.15, 0.2) is 30.5 Å². The third-order valence-electron chi connectivity index (χ3n) is 5.76. The van der Waals surface area contributed by atoms with E-state index in [1.807, 2.05) is 13.0 Å². The summed E-state index contributed by atoms with van der Waals surface area (Å²) in [5, 5.41) is 36.0. The summed E-state index contributed by atoms with van der Waals surface area (Å²) in [6.07, 6.45) is -0.344. The molecule has 0 bridgehead atoms. The number of hydrogen-bond donors (Lipinski definition) is 3. The molecule has 1 unspecified atom stereocenters. The van der Waals surface area contributed by atoms with Crippen LogP contribution < -0.4 is 10.5 Å². The average molecular weight is 527 g/mol. The van der Waals surface area contributed by atoms with Gasteiger partial charge in [-0.2, -0.15) is 10.4 Å². The fraction of sp³-hybridized carbons (Fsp3) is 0.385. The number of aromatic nitrogens is 3. The van der Waals surface area contributed by atoms with Crippen molar-refractivity contribution in [2.75, 3.05) is 12.8 Å². The molecule has 2 heterocycles. The summed E-state index contributed by atoms with van der Waals surface area (Å²) in [6, 6.07) is 7.77. The third-order valence-corrected chi connectivity index (χ3v) is 5.76. The normalized spacial score (nSPS) is 12.6. The second-order valence-corrected chi connectivity index (χ2v) is 9.85. The van der Waals surface area contributed by atoms with E-state index < -0.39 is 35.2 Å². The molecule has 0 radical (unpaired) electrons. The van der Waals surface area contributed by atoms with Crippen LogP contribution >= 0.6 is 0 Å². The molecule has 3 rings (SSSR count). The van der Waals surface area contributed by atoms with Crippen molar-refractivity contribution in [3.05, 3.63) is 58.8 Å². The first-order valence-corrected chi connectivity index (χ1v) is 11.6. The highest BCUT2D eigenvalue weighted by molar-refractivity contribution is 5.75. The van der Waals surface area contributed by atoms with Crippen LogP contribution in [-0.2, 0) is 17.7 Å². The molecule has 12 heteroatoms. The van der Waals surface area contributed by atoms with Crippen LogP contribution in [0.2, 0.25) is 0 Å². The molecule has 3 aromatic rings. The van der Waals surface area contributed by atoms with Gasteiger partial charge < -0.3 is 25.4 Å². The van der Waals surface area contributed by atoms with Gasteiger partial charge in [0.2, 0.25) is 0 Å². The van der Waals surface area contributed by atoms with Crippen molar-refractivity contribution in [2.45, 2.75) is 52.2 Å². The van der Waals surface area contributed by atoms with Crippen molar-refractivity contribution < 1.29 is 28.9 Å². The van der Waals surface area contributed by atoms with E-state index >= 15 is 0 Å². The number of benzene rings is 1. The zero-order valence-corrected chi connectivity index (χ0v) is 22.3. The van der Waals surface area contributed by atoms with Gasteiger partial charge in [-0.15, -0.1) is 0 Å². The van der Waals surface area contributed by atoms with Gasteiger partial charge in [0.1, 0.15) is 29.3 Å². The topological polar surface area (TPSA) is 160 Å². The Morgan fingerprint density at radius 1 is 1.29 bits per heavy atom. The van der Waals surface area contributed by atoms with Crippen molar-refractivity contribution in [3.8, 4) is 22.9 Å². The van der Waals surface area contributed by atoms with Crippen LogP contribution in [0.25, 0.3) is 11.1 Å². The zero-order chi connectivity index (χ0) is 28.6. The Balaban J connectivity index is 2.09. The monoisotopic (exact) mass is 526 g/mol. The van der Waals surface area contributed by atoms with Crippen molar-refractivity contribution in [1.29, 1.82) is 5.26 Å². The van der Waals surface area contributed by atoms with Crippen LogP contribution in [0, 0.1) is 24.1 Å². The number of hydrogen-bond acceptors (Lipinski definition) is 9. The van der Waals surface area contributed by atoms with Gasteiger partial charge in [-0.25, -0.2) is 14.2 Å². The summed E-state index contributed by atoms with van der Waals surface area (Å²) in [7, 11) is 2.56. The fourth-order valence-corrected chi connectivity index (χ4v) is 3.77. The number of rotatable bonds is 6. The maximum atomic E-state index is 13.8. The summed E-state index contributed by atoms with van der Waals surface area (Å²) in [6.45, 7) is 8.42. The van der Waals surface area contributed by atoms with E-state index in [0.29, 0.717) is 10.5 Å². The highest BCUT2D eigenvalue weighted by Crippen LogP contribution is 2.38. The number of anilines is 1. The van der Waals surface area contributed by atoms with E-state index in [2.05, 4.69) is 10.1 Å². The highest BCUT2D eigenvalue weighted by atomic mass is 19.1. The Labute approximate surface area is 219 Å². The molecule has 2 aromatic heterocycles. The molecule has 38 heavy (non-hydrogen) atoms. The second kappa shape index (κ2) is 10.3. The van der Waals surface area contributed by atoms with Crippen molar-refractivity contribution in [2.24, 2.45) is 7.05 Å². The molecule has 11 nitrogen and oxygen atoms in total. The Hall–Kier alpha value is -4.21. The largest absolute Gasteiger partial charge is 0.482 e. The molecule has 1 amide bonds. The SMILES string of the molecule is Cc1ccc(F)cc1C(C)Oc1cc(-c2c(C(O)(O)N(C)C(=O)OC(C)(C)C)nn(C)c2C#N)cnc1N. The molecular formula is C26H31FN6O5. The summed E-state index contributed by atoms with van der Waals surface area (Å²) in [5.41, 5.74) is 6.27. The van der Waals surface area contributed by atoms with E-state index in [9.17, 15) is 24.7 Å². The minimum absolute atomic E-state index is 0.0117. The van der Waals surface area contributed by atoms with E-state index in [0.717, 1.165) is 17.3 Å². The molecule has 4 N–H and O–H groups in total. The number of halogens is 1. The minimum atomic E-state index is -2.97. The van der Waals surface area contributed by atoms with Gasteiger partial charge in [-0.05, 0) is 63.9 Å². The van der Waals surface area contributed by atoms with Gasteiger partial charge in [-0.1, -0.05) is 6.07 Å². The van der Waals surface area contributed by atoms with Crippen LogP contribution in [0.4, 0.5) is 15.0 Å². The van der Waals surface area contributed by atoms with Crippen molar-refractivity contribution >= 4 is 11.9 Å². The number of nitrogen functional groups attached to an aromatic ring is 1. The van der Waals surface area contributed by atoms with Crippen LogP contribution in [0.3, 0.4) is 0 Å². The number of amides is 1. The lowest BCUT2D eigenvalue weighted by atomic mass is 10.0. The number of nitriles is 1. The lowest BCUT2D eigenvalue weighted by Crippen LogP contribution is -2.49. The predicted molar refractivity (Wildman–Crippen MR) is 136 cm³/mol. The zero-order valence-electron chi connectivity index (χ0n) is 22.3. The Morgan fingerprint density at radius 3 is 2.55 bits per heavy atom. The smallest absolute Gasteiger partial charge is 0.414 e. The summed E-state index contributed by atoms with van der Waals surface area (Å²) in [4.78, 5) is 17.3. The van der Waals surface area contributed by atoms with E-state index in [1.54, 1.807) is 33.8 Å². The first kappa shape index (κ1) is 28.4. The molecule has 1 atom stereocenters. The summed E-state index contributed by atoms with van der Waals surface area (Å²) < 4.78 is 26.2. The average Bonchev–Trinajstić information content (AvgIpc) is 3.17. The molecule has 0 aliphatic rings. The second-order valence-electron chi connectivity index (χ2n) is 9.85. The number of carbonyl (C=O) groups is 1. The van der Waals surface area contributed by atoms with Gasteiger partial charge in [0.15, 0.2) is 17.3 Å². The molecule has 0 saturated carbocycles. The summed E-state index contributed by atoms with van der Waals surface area (Å²) >= 11 is 0. The predicted octanol–water partition coefficient (Wildman–Crippen LogP) is 3.49. The number of aliphatic hydroxyl groups is 2. The maximum absolute atomic E-state index is 13.8. The number of pyridine rings is 1. The van der Waals surface area contributed by atoms with Gasteiger partial charge in [0.25, 0.3) is 5.91 Å². The molecule has 1 aromatic carbocycles. The van der Waals surface area contributed by atoms with Gasteiger partial charge in [0, 0.05) is 25.9 Å². The van der Waals surface area contributed by atoms with Gasteiger partial charge in [0.05, 0.1) is 5.56 Å². The van der Waals surface area contributed by atoms with Gasteiger partial charge in [-0.3, -0.25) is 9.58 Å². The summed E-state index contributed by atoms with van der Waals surface area (Å²) in [5.74, 6) is -3.27. The number of nitrogens with zero attached hydrogens (tertiary/aromatic N) is 5. The molecule has 0 aliphatic heterocycles. The fourth-order valence-electron chi connectivity index (χ4n) is 3.77. The molecular weight excluding hydrogens is 495 g/mol. The number of carbonyl (C=O) groups excluding carboxylic acids is 1.